The number of nitrogens with zero attached hydrogens (tertiary/aromatic N) is 2. The summed E-state index contributed by atoms with van der Waals surface area (Å²) in [4.78, 5) is 32.1. The van der Waals surface area contributed by atoms with Gasteiger partial charge in [0.25, 0.3) is 0 Å². The van der Waals surface area contributed by atoms with E-state index in [1.807, 2.05) is 6.92 Å². The number of oxime groups is 1. The number of anilines is 1. The van der Waals surface area contributed by atoms with E-state index in [1.54, 1.807) is 0 Å². The van der Waals surface area contributed by atoms with Gasteiger partial charge in [0.2, 0.25) is 5.71 Å². The third kappa shape index (κ3) is 3.57. The van der Waals surface area contributed by atoms with E-state index in [9.17, 15) is 14.7 Å². The molecule has 0 spiro atoms. The average Bonchev–Trinajstić information content (AvgIpc) is 2.87. The maximum absolute atomic E-state index is 11.3. The molecule has 1 saturated carbocycles. The van der Waals surface area contributed by atoms with Crippen molar-refractivity contribution in [2.75, 3.05) is 5.73 Å². The van der Waals surface area contributed by atoms with Gasteiger partial charge in [-0.05, 0) is 19.3 Å². The number of carbonyl (C=O) groups excluding carboxylic acids is 1. The minimum atomic E-state index is -1.22. The van der Waals surface area contributed by atoms with Crippen molar-refractivity contribution >= 4 is 33.9 Å². The second-order valence-corrected chi connectivity index (χ2v) is 5.87. The molecular weight excluding hydrogens is 294 g/mol. The summed E-state index contributed by atoms with van der Waals surface area (Å²) in [6.07, 6.45) is 2.65. The van der Waals surface area contributed by atoms with Crippen molar-refractivity contribution < 1.29 is 19.5 Å². The summed E-state index contributed by atoms with van der Waals surface area (Å²) in [6.45, 7) is 1.94. The normalized spacial score (nSPS) is 18.5. The molecule has 0 radical (unpaired) electrons. The van der Waals surface area contributed by atoms with E-state index in [0.717, 1.165) is 11.3 Å². The average molecular weight is 311 g/mol. The monoisotopic (exact) mass is 311 g/mol. The van der Waals surface area contributed by atoms with E-state index in [4.69, 9.17) is 10.6 Å². The number of ketones is 1. The van der Waals surface area contributed by atoms with Gasteiger partial charge in [-0.2, -0.15) is 0 Å². The van der Waals surface area contributed by atoms with E-state index in [0.29, 0.717) is 32.1 Å². The van der Waals surface area contributed by atoms with Gasteiger partial charge in [0.05, 0.1) is 0 Å². The highest BCUT2D eigenvalue weighted by atomic mass is 32.1. The number of rotatable bonds is 5. The van der Waals surface area contributed by atoms with Gasteiger partial charge >= 0.3 is 5.97 Å². The van der Waals surface area contributed by atoms with Gasteiger partial charge in [-0.3, -0.25) is 4.79 Å². The lowest BCUT2D eigenvalue weighted by molar-refractivity contribution is -0.133. The minimum absolute atomic E-state index is 0.183. The molecule has 21 heavy (non-hydrogen) atoms. The maximum atomic E-state index is 11.3. The zero-order valence-electron chi connectivity index (χ0n) is 11.7. The summed E-state index contributed by atoms with van der Waals surface area (Å²) in [5.41, 5.74) is 4.84. The Morgan fingerprint density at radius 1 is 1.57 bits per heavy atom. The number of hydrogen-bond donors (Lipinski definition) is 2. The largest absolute Gasteiger partial charge is 0.476 e. The molecule has 1 aliphatic rings. The second-order valence-electron chi connectivity index (χ2n) is 4.98. The molecule has 8 heteroatoms. The number of Topliss-reactive ketones (excluding diaryl/α,β-unsaturated/α-hetero) is 1. The Hall–Kier alpha value is -1.96. The van der Waals surface area contributed by atoms with Crippen LogP contribution in [0.1, 0.15) is 44.7 Å². The minimum Gasteiger partial charge on any atom is -0.476 e. The van der Waals surface area contributed by atoms with Gasteiger partial charge in [0.1, 0.15) is 17.1 Å². The van der Waals surface area contributed by atoms with Gasteiger partial charge in [-0.15, -0.1) is 11.3 Å². The Balaban J connectivity index is 2.19. The fraction of sp³-hybridized carbons (Fsp3) is 0.538. The van der Waals surface area contributed by atoms with Crippen LogP contribution < -0.4 is 5.73 Å². The Morgan fingerprint density at radius 2 is 2.24 bits per heavy atom. The van der Waals surface area contributed by atoms with Crippen LogP contribution in [-0.4, -0.2) is 33.2 Å². The second kappa shape index (κ2) is 6.21. The Labute approximate surface area is 125 Å². The first-order valence-corrected chi connectivity index (χ1v) is 7.56. The third-order valence-electron chi connectivity index (χ3n) is 3.66. The summed E-state index contributed by atoms with van der Waals surface area (Å²) in [5.74, 6) is -1.02. The molecule has 0 atom stereocenters. The first-order chi connectivity index (χ1) is 9.96. The molecule has 7 nitrogen and oxygen atoms in total. The summed E-state index contributed by atoms with van der Waals surface area (Å²) in [5, 5.41) is 14.8. The van der Waals surface area contributed by atoms with Crippen molar-refractivity contribution in [3.63, 3.8) is 0 Å². The molecule has 2 rings (SSSR count). The zero-order chi connectivity index (χ0) is 15.5. The van der Waals surface area contributed by atoms with E-state index >= 15 is 0 Å². The van der Waals surface area contributed by atoms with Gasteiger partial charge in [-0.25, -0.2) is 9.78 Å². The van der Waals surface area contributed by atoms with Crippen LogP contribution in [-0.2, 0) is 14.4 Å². The number of carboxylic acid groups (broad SMARTS) is 1. The number of aromatic nitrogens is 1. The van der Waals surface area contributed by atoms with E-state index in [-0.39, 0.29) is 22.3 Å². The lowest BCUT2D eigenvalue weighted by Crippen LogP contribution is -2.36. The molecule has 3 N–H and O–H groups in total. The predicted octanol–water partition coefficient (Wildman–Crippen LogP) is 1.82. The number of aliphatic carboxylic acids is 1. The molecule has 0 unspecified atom stereocenters. The van der Waals surface area contributed by atoms with Crippen LogP contribution in [0, 0.1) is 0 Å². The van der Waals surface area contributed by atoms with E-state index in [2.05, 4.69) is 10.1 Å². The van der Waals surface area contributed by atoms with Crippen LogP contribution in [0.25, 0.3) is 0 Å². The first kappa shape index (κ1) is 15.4. The van der Waals surface area contributed by atoms with Crippen LogP contribution in [0.2, 0.25) is 0 Å². The number of thiazole rings is 1. The number of carbonyl (C=O) groups is 2. The lowest BCUT2D eigenvalue weighted by Gasteiger charge is -2.33. The predicted molar refractivity (Wildman–Crippen MR) is 78.3 cm³/mol. The molecule has 1 aliphatic carbocycles. The summed E-state index contributed by atoms with van der Waals surface area (Å²) in [6, 6.07) is 0. The topological polar surface area (TPSA) is 115 Å². The quantitative estimate of drug-likeness (QED) is 0.633. The number of carboxylic acids is 1. The number of nitrogens with two attached hydrogens (primary N) is 1. The highest BCUT2D eigenvalue weighted by Crippen LogP contribution is 2.33. The van der Waals surface area contributed by atoms with Gasteiger partial charge < -0.3 is 15.7 Å². The van der Waals surface area contributed by atoms with Crippen LogP contribution in [0.3, 0.4) is 0 Å². The SMILES string of the molecule is CCC1(ON=C(C(=O)O)c2csc(N)n2)CCC(=O)CC1. The zero-order valence-corrected chi connectivity index (χ0v) is 12.5. The van der Waals surface area contributed by atoms with Gasteiger partial charge in [0, 0.05) is 18.2 Å². The Kier molecular flexibility index (Phi) is 4.56. The van der Waals surface area contributed by atoms with Crippen molar-refractivity contribution in [1.29, 1.82) is 0 Å². The van der Waals surface area contributed by atoms with Crippen molar-refractivity contribution in [3.05, 3.63) is 11.1 Å². The molecule has 0 bridgehead atoms. The van der Waals surface area contributed by atoms with Crippen molar-refractivity contribution in [1.82, 2.24) is 4.98 Å². The number of nitrogen functional groups attached to an aromatic ring is 1. The molecule has 1 fully saturated rings. The van der Waals surface area contributed by atoms with Crippen molar-refractivity contribution in [3.8, 4) is 0 Å². The van der Waals surface area contributed by atoms with Crippen molar-refractivity contribution in [2.24, 2.45) is 5.16 Å². The van der Waals surface area contributed by atoms with Crippen molar-refractivity contribution in [2.45, 2.75) is 44.6 Å². The van der Waals surface area contributed by atoms with E-state index in [1.165, 1.54) is 5.38 Å². The smallest absolute Gasteiger partial charge is 0.360 e. The van der Waals surface area contributed by atoms with Crippen LogP contribution in [0.5, 0.6) is 0 Å². The molecule has 0 aromatic carbocycles. The van der Waals surface area contributed by atoms with Gasteiger partial charge in [0.15, 0.2) is 5.13 Å². The molecule has 0 saturated heterocycles. The summed E-state index contributed by atoms with van der Waals surface area (Å²) in [7, 11) is 0. The lowest BCUT2D eigenvalue weighted by atomic mass is 9.82. The van der Waals surface area contributed by atoms with Crippen LogP contribution in [0.4, 0.5) is 5.13 Å². The molecule has 1 aromatic rings. The van der Waals surface area contributed by atoms with Crippen LogP contribution >= 0.6 is 11.3 Å². The molecule has 0 aliphatic heterocycles. The third-order valence-corrected chi connectivity index (χ3v) is 4.33. The number of hydrogen-bond acceptors (Lipinski definition) is 7. The van der Waals surface area contributed by atoms with Gasteiger partial charge in [-0.1, -0.05) is 12.1 Å². The molecule has 114 valence electrons. The van der Waals surface area contributed by atoms with Crippen LogP contribution in [0.15, 0.2) is 10.5 Å². The molecule has 1 heterocycles. The fourth-order valence-electron chi connectivity index (χ4n) is 2.23. The first-order valence-electron chi connectivity index (χ1n) is 6.68. The molecular formula is C13H17N3O4S. The Bertz CT molecular complexity index is 572. The highest BCUT2D eigenvalue weighted by molar-refractivity contribution is 7.13. The van der Waals surface area contributed by atoms with E-state index < -0.39 is 11.6 Å². The highest BCUT2D eigenvalue weighted by Gasteiger charge is 2.36. The molecule has 1 aromatic heterocycles. The molecule has 0 amide bonds. The summed E-state index contributed by atoms with van der Waals surface area (Å²) < 4.78 is 0. The standard InChI is InChI=1S/C13H17N3O4S/c1-2-13(5-3-8(17)4-6-13)20-16-10(11(18)19)9-7-21-12(14)15-9/h7H,2-6H2,1H3,(H2,14,15)(H,18,19). The fourth-order valence-corrected chi connectivity index (χ4v) is 2.78. The Morgan fingerprint density at radius 3 is 2.71 bits per heavy atom. The maximum Gasteiger partial charge on any atom is 0.360 e. The summed E-state index contributed by atoms with van der Waals surface area (Å²) >= 11 is 1.14.